The molecule has 0 aliphatic rings. The van der Waals surface area contributed by atoms with Gasteiger partial charge in [-0.15, -0.1) is 11.8 Å². The minimum absolute atomic E-state index is 0.0309. The molecule has 7 heteroatoms. The van der Waals surface area contributed by atoms with E-state index in [1.165, 1.54) is 0 Å². The predicted molar refractivity (Wildman–Crippen MR) is 46.8 cm³/mol. The van der Waals surface area contributed by atoms with Gasteiger partial charge in [0.15, 0.2) is 0 Å². The van der Waals surface area contributed by atoms with E-state index in [9.17, 15) is 13.2 Å². The summed E-state index contributed by atoms with van der Waals surface area (Å²) >= 11 is 0.948. The molecule has 0 saturated heterocycles. The average Bonchev–Trinajstić information content (AvgIpc) is 1.96. The van der Waals surface area contributed by atoms with Crippen LogP contribution in [0.15, 0.2) is 0 Å². The van der Waals surface area contributed by atoms with Gasteiger partial charge in [-0.05, 0) is 0 Å². The van der Waals surface area contributed by atoms with E-state index < -0.39 is 10.0 Å². The summed E-state index contributed by atoms with van der Waals surface area (Å²) in [6.07, 6.45) is 0.288. The third-order valence-corrected chi connectivity index (χ3v) is 3.10. The van der Waals surface area contributed by atoms with Crippen LogP contribution in [0.5, 0.6) is 0 Å². The van der Waals surface area contributed by atoms with Crippen LogP contribution in [-0.4, -0.2) is 25.4 Å². The van der Waals surface area contributed by atoms with Crippen LogP contribution in [0.3, 0.4) is 0 Å². The molecule has 72 valence electrons. The summed E-state index contributed by atoms with van der Waals surface area (Å²) in [5.41, 5.74) is 0. The Hall–Kier alpha value is -0.270. The van der Waals surface area contributed by atoms with Gasteiger partial charge in [0, 0.05) is 6.42 Å². The molecule has 0 rings (SSSR count). The lowest BCUT2D eigenvalue weighted by Crippen LogP contribution is -2.15. The van der Waals surface area contributed by atoms with E-state index in [0.29, 0.717) is 0 Å². The van der Waals surface area contributed by atoms with Gasteiger partial charge in [0.25, 0.3) is 0 Å². The number of hydrogen-bond acceptors (Lipinski definition) is 5. The molecule has 0 saturated carbocycles. The number of primary sulfonamides is 1. The quantitative estimate of drug-likeness (QED) is 0.391. The molecule has 0 bridgehead atoms. The van der Waals surface area contributed by atoms with Crippen molar-refractivity contribution < 1.29 is 17.9 Å². The normalized spacial score (nSPS) is 11.2. The fourth-order valence-electron chi connectivity index (χ4n) is 0.360. The largest absolute Gasteiger partial charge is 0.455 e. The van der Waals surface area contributed by atoms with Crippen molar-refractivity contribution in [1.29, 1.82) is 0 Å². The molecule has 0 aromatic heterocycles. The average molecular weight is 213 g/mol. The minimum atomic E-state index is -3.46. The maximum absolute atomic E-state index is 10.5. The van der Waals surface area contributed by atoms with Gasteiger partial charge in [-0.25, -0.2) is 13.6 Å². The van der Waals surface area contributed by atoms with Crippen LogP contribution in [0, 0.1) is 0 Å². The van der Waals surface area contributed by atoms with Gasteiger partial charge in [0.1, 0.15) is 11.0 Å². The number of carbonyl (C=O) groups excluding carboxylic acids is 1. The molecule has 0 unspecified atom stereocenters. The van der Waals surface area contributed by atoms with Crippen molar-refractivity contribution in [2.45, 2.75) is 13.3 Å². The molecule has 0 aromatic carbocycles. The van der Waals surface area contributed by atoms with Crippen LogP contribution in [0.25, 0.3) is 0 Å². The molecular formula is C5H11NO4S2. The summed E-state index contributed by atoms with van der Waals surface area (Å²) in [5, 5.41) is 4.46. The number of carbonyl (C=O) groups is 1. The summed E-state index contributed by atoms with van der Waals surface area (Å²) < 4.78 is 25.3. The first-order chi connectivity index (χ1) is 5.45. The fourth-order valence-corrected chi connectivity index (χ4v) is 1.78. The summed E-state index contributed by atoms with van der Waals surface area (Å²) in [6, 6.07) is 0. The van der Waals surface area contributed by atoms with E-state index in [1.54, 1.807) is 6.92 Å². The molecule has 0 heterocycles. The molecule has 0 aromatic rings. The third-order valence-electron chi connectivity index (χ3n) is 0.840. The van der Waals surface area contributed by atoms with Crippen molar-refractivity contribution in [3.63, 3.8) is 0 Å². The van der Waals surface area contributed by atoms with E-state index in [0.717, 1.165) is 11.8 Å². The Bertz CT molecular complexity index is 236. The lowest BCUT2D eigenvalue weighted by molar-refractivity contribution is -0.140. The van der Waals surface area contributed by atoms with Crippen LogP contribution < -0.4 is 5.14 Å². The number of thioether (sulfide) groups is 1. The third kappa shape index (κ3) is 7.83. The number of nitrogens with two attached hydrogens (primary N) is 1. The Morgan fingerprint density at radius 2 is 2.17 bits per heavy atom. The summed E-state index contributed by atoms with van der Waals surface area (Å²) in [4.78, 5) is 10.5. The zero-order valence-corrected chi connectivity index (χ0v) is 8.28. The van der Waals surface area contributed by atoms with Gasteiger partial charge in [-0.1, -0.05) is 6.92 Å². The highest BCUT2D eigenvalue weighted by Crippen LogP contribution is 2.03. The monoisotopic (exact) mass is 213 g/mol. The van der Waals surface area contributed by atoms with Crippen LogP contribution in [0.2, 0.25) is 0 Å². The van der Waals surface area contributed by atoms with Gasteiger partial charge < -0.3 is 4.74 Å². The Labute approximate surface area is 75.7 Å². The van der Waals surface area contributed by atoms with Crippen LogP contribution in [0.1, 0.15) is 13.3 Å². The highest BCUT2D eigenvalue weighted by molar-refractivity contribution is 8.11. The Kier molecular flexibility index (Phi) is 5.27. The van der Waals surface area contributed by atoms with Crippen molar-refractivity contribution in [2.75, 3.05) is 11.0 Å². The molecule has 0 fully saturated rings. The molecule has 2 N–H and O–H groups in total. The molecule has 0 aliphatic carbocycles. The minimum Gasteiger partial charge on any atom is -0.455 e. The maximum Gasteiger partial charge on any atom is 0.306 e. The molecule has 12 heavy (non-hydrogen) atoms. The SMILES string of the molecule is CCC(=O)OCSCS(N)(=O)=O. The Morgan fingerprint density at radius 1 is 1.58 bits per heavy atom. The van der Waals surface area contributed by atoms with E-state index in [4.69, 9.17) is 5.14 Å². The first kappa shape index (κ1) is 11.7. The van der Waals surface area contributed by atoms with E-state index in [2.05, 4.69) is 4.74 Å². The maximum atomic E-state index is 10.5. The number of esters is 1. The van der Waals surface area contributed by atoms with E-state index in [-0.39, 0.29) is 23.4 Å². The van der Waals surface area contributed by atoms with Crippen LogP contribution in [-0.2, 0) is 19.6 Å². The van der Waals surface area contributed by atoms with Gasteiger partial charge in [0.05, 0.1) is 0 Å². The van der Waals surface area contributed by atoms with Gasteiger partial charge >= 0.3 is 5.97 Å². The van der Waals surface area contributed by atoms with Gasteiger partial charge in [-0.2, -0.15) is 0 Å². The molecule has 0 amide bonds. The van der Waals surface area contributed by atoms with Crippen molar-refractivity contribution in [3.8, 4) is 0 Å². The van der Waals surface area contributed by atoms with E-state index in [1.807, 2.05) is 0 Å². The first-order valence-corrected chi connectivity index (χ1v) is 6.06. The zero-order chi connectivity index (χ0) is 9.61. The molecule has 0 spiro atoms. The number of sulfonamides is 1. The van der Waals surface area contributed by atoms with Gasteiger partial charge in [-0.3, -0.25) is 4.79 Å². The predicted octanol–water partition coefficient (Wildman–Crippen LogP) is -0.124. The molecule has 5 nitrogen and oxygen atoms in total. The second-order valence-corrected chi connectivity index (χ2v) is 4.89. The standard InChI is InChI=1S/C5H11NO4S2/c1-2-5(7)10-3-11-4-12(6,8)9/h2-4H2,1H3,(H2,6,8,9). The smallest absolute Gasteiger partial charge is 0.306 e. The molecule has 0 atom stereocenters. The highest BCUT2D eigenvalue weighted by atomic mass is 32.3. The lowest BCUT2D eigenvalue weighted by atomic mass is 10.5. The molecule has 0 aliphatic heterocycles. The van der Waals surface area contributed by atoms with E-state index >= 15 is 0 Å². The molecular weight excluding hydrogens is 202 g/mol. The van der Waals surface area contributed by atoms with Crippen LogP contribution in [0.4, 0.5) is 0 Å². The second-order valence-electron chi connectivity index (χ2n) is 1.97. The number of hydrogen-bond donors (Lipinski definition) is 1. The summed E-state index contributed by atoms with van der Waals surface area (Å²) in [5.74, 6) is -0.319. The number of rotatable bonds is 5. The molecule has 0 radical (unpaired) electrons. The first-order valence-electron chi connectivity index (χ1n) is 3.19. The van der Waals surface area contributed by atoms with Crippen molar-refractivity contribution in [2.24, 2.45) is 5.14 Å². The Morgan fingerprint density at radius 3 is 2.58 bits per heavy atom. The van der Waals surface area contributed by atoms with Crippen molar-refractivity contribution >= 4 is 27.8 Å². The zero-order valence-electron chi connectivity index (χ0n) is 6.65. The van der Waals surface area contributed by atoms with Gasteiger partial charge in [0.2, 0.25) is 10.0 Å². The van der Waals surface area contributed by atoms with Crippen molar-refractivity contribution in [1.82, 2.24) is 0 Å². The second kappa shape index (κ2) is 5.39. The summed E-state index contributed by atoms with van der Waals surface area (Å²) in [7, 11) is -3.46. The number of ether oxygens (including phenoxy) is 1. The van der Waals surface area contributed by atoms with Crippen molar-refractivity contribution in [3.05, 3.63) is 0 Å². The lowest BCUT2D eigenvalue weighted by Gasteiger charge is -2.00. The fraction of sp³-hybridized carbons (Fsp3) is 0.800. The topological polar surface area (TPSA) is 86.5 Å². The summed E-state index contributed by atoms with van der Waals surface area (Å²) in [6.45, 7) is 1.66. The Balaban J connectivity index is 3.40. The van der Waals surface area contributed by atoms with Crippen LogP contribution >= 0.6 is 11.8 Å². The highest BCUT2D eigenvalue weighted by Gasteiger charge is 2.03.